The highest BCUT2D eigenvalue weighted by Gasteiger charge is 2.21. The lowest BCUT2D eigenvalue weighted by Crippen LogP contribution is -2.24. The second-order valence-corrected chi connectivity index (χ2v) is 8.06. The third kappa shape index (κ3) is 4.73. The summed E-state index contributed by atoms with van der Waals surface area (Å²) in [6.45, 7) is 3.31. The average molecular weight is 365 g/mol. The first-order valence-corrected chi connectivity index (χ1v) is 9.37. The highest BCUT2D eigenvalue weighted by Crippen LogP contribution is 2.39. The van der Waals surface area contributed by atoms with E-state index in [1.165, 1.54) is 49.8 Å². The number of rotatable bonds is 6. The Morgan fingerprint density at radius 2 is 2.16 bits per heavy atom. The highest BCUT2D eigenvalue weighted by atomic mass is 79.9. The molecular formula is C15H23BrClNS. The first-order valence-electron chi connectivity index (χ1n) is 7.38. The molecule has 1 saturated carbocycles. The van der Waals surface area contributed by atoms with Crippen LogP contribution >= 0.6 is 38.9 Å². The second kappa shape index (κ2) is 8.02. The summed E-state index contributed by atoms with van der Waals surface area (Å²) in [6.07, 6.45) is 9.53. The van der Waals surface area contributed by atoms with Gasteiger partial charge in [0.2, 0.25) is 0 Å². The van der Waals surface area contributed by atoms with Crippen LogP contribution in [0.4, 0.5) is 0 Å². The summed E-state index contributed by atoms with van der Waals surface area (Å²) in [5, 5.41) is 3.70. The van der Waals surface area contributed by atoms with Gasteiger partial charge in [0, 0.05) is 15.4 Å². The highest BCUT2D eigenvalue weighted by molar-refractivity contribution is 9.10. The molecule has 1 aromatic rings. The van der Waals surface area contributed by atoms with Crippen LogP contribution in [0.3, 0.4) is 0 Å². The van der Waals surface area contributed by atoms with Crippen LogP contribution in [0.2, 0.25) is 4.34 Å². The Morgan fingerprint density at radius 3 is 2.74 bits per heavy atom. The van der Waals surface area contributed by atoms with E-state index in [9.17, 15) is 0 Å². The van der Waals surface area contributed by atoms with E-state index in [1.54, 1.807) is 11.3 Å². The number of hydrogen-bond acceptors (Lipinski definition) is 2. The van der Waals surface area contributed by atoms with Crippen LogP contribution in [0.1, 0.15) is 62.8 Å². The summed E-state index contributed by atoms with van der Waals surface area (Å²) in [5.74, 6) is 0.891. The smallest absolute Gasteiger partial charge is 0.107 e. The molecule has 1 atom stereocenters. The SMILES string of the molecule is CCCNC(CC1CCCCC1)c1cc(Br)c(Cl)s1. The molecule has 4 heteroatoms. The van der Waals surface area contributed by atoms with Crippen molar-refractivity contribution in [2.75, 3.05) is 6.54 Å². The molecule has 1 heterocycles. The van der Waals surface area contributed by atoms with Crippen molar-refractivity contribution in [3.05, 3.63) is 19.8 Å². The monoisotopic (exact) mass is 363 g/mol. The summed E-state index contributed by atoms with van der Waals surface area (Å²) in [7, 11) is 0. The van der Waals surface area contributed by atoms with Crippen molar-refractivity contribution in [1.29, 1.82) is 0 Å². The summed E-state index contributed by atoms with van der Waals surface area (Å²) in [4.78, 5) is 1.39. The molecule has 0 amide bonds. The van der Waals surface area contributed by atoms with Crippen LogP contribution in [0.25, 0.3) is 0 Å². The Labute approximate surface area is 134 Å². The molecule has 19 heavy (non-hydrogen) atoms. The van der Waals surface area contributed by atoms with E-state index >= 15 is 0 Å². The first kappa shape index (κ1) is 15.8. The van der Waals surface area contributed by atoms with Crippen LogP contribution in [-0.2, 0) is 0 Å². The van der Waals surface area contributed by atoms with Crippen LogP contribution in [0.5, 0.6) is 0 Å². The van der Waals surface area contributed by atoms with Gasteiger partial charge in [-0.15, -0.1) is 11.3 Å². The largest absolute Gasteiger partial charge is 0.309 e. The number of nitrogens with one attached hydrogen (secondary N) is 1. The molecule has 1 aliphatic rings. The Morgan fingerprint density at radius 1 is 1.42 bits per heavy atom. The fourth-order valence-corrected chi connectivity index (χ4v) is 4.73. The average Bonchev–Trinajstić information content (AvgIpc) is 2.76. The van der Waals surface area contributed by atoms with Crippen molar-refractivity contribution < 1.29 is 0 Å². The van der Waals surface area contributed by atoms with Crippen molar-refractivity contribution in [2.45, 2.75) is 57.9 Å². The minimum Gasteiger partial charge on any atom is -0.309 e. The fourth-order valence-electron chi connectivity index (χ4n) is 2.91. The molecule has 0 bridgehead atoms. The summed E-state index contributed by atoms with van der Waals surface area (Å²) in [6, 6.07) is 2.68. The molecule has 2 rings (SSSR count). The van der Waals surface area contributed by atoms with Crippen LogP contribution in [0.15, 0.2) is 10.5 Å². The van der Waals surface area contributed by atoms with E-state index < -0.39 is 0 Å². The minimum atomic E-state index is 0.483. The molecular weight excluding hydrogens is 342 g/mol. The maximum absolute atomic E-state index is 6.19. The van der Waals surface area contributed by atoms with Crippen molar-refractivity contribution in [3.63, 3.8) is 0 Å². The minimum absolute atomic E-state index is 0.483. The van der Waals surface area contributed by atoms with Crippen LogP contribution in [-0.4, -0.2) is 6.54 Å². The normalized spacial score (nSPS) is 18.7. The lowest BCUT2D eigenvalue weighted by atomic mass is 9.84. The Hall–Kier alpha value is 0.430. The molecule has 1 aromatic heterocycles. The Bertz CT molecular complexity index is 368. The van der Waals surface area contributed by atoms with E-state index in [1.807, 2.05) is 0 Å². The van der Waals surface area contributed by atoms with Gasteiger partial charge >= 0.3 is 0 Å². The lowest BCUT2D eigenvalue weighted by molar-refractivity contribution is 0.301. The molecule has 1 N–H and O–H groups in total. The van der Waals surface area contributed by atoms with Crippen LogP contribution < -0.4 is 5.32 Å². The van der Waals surface area contributed by atoms with E-state index in [0.29, 0.717) is 6.04 Å². The third-order valence-corrected chi connectivity index (χ3v) is 6.53. The number of halogens is 2. The molecule has 1 unspecified atom stereocenters. The molecule has 0 radical (unpaired) electrons. The van der Waals surface area contributed by atoms with Gasteiger partial charge in [0.15, 0.2) is 0 Å². The zero-order valence-corrected chi connectivity index (χ0v) is 14.7. The molecule has 0 aliphatic heterocycles. The standard InChI is InChI=1S/C15H23BrClNS/c1-2-8-18-13(9-11-6-4-3-5-7-11)14-10-12(16)15(17)19-14/h10-11,13,18H,2-9H2,1H3. The van der Waals surface area contributed by atoms with Gasteiger partial charge in [0.25, 0.3) is 0 Å². The van der Waals surface area contributed by atoms with Crippen molar-refractivity contribution in [2.24, 2.45) is 5.92 Å². The molecule has 1 aliphatic carbocycles. The third-order valence-electron chi connectivity index (χ3n) is 3.94. The quantitative estimate of drug-likeness (QED) is 0.636. The van der Waals surface area contributed by atoms with E-state index in [2.05, 4.69) is 34.2 Å². The topological polar surface area (TPSA) is 12.0 Å². The zero-order chi connectivity index (χ0) is 13.7. The van der Waals surface area contributed by atoms with E-state index in [4.69, 9.17) is 11.6 Å². The predicted molar refractivity (Wildman–Crippen MR) is 89.3 cm³/mol. The van der Waals surface area contributed by atoms with Crippen molar-refractivity contribution in [3.8, 4) is 0 Å². The Kier molecular flexibility index (Phi) is 6.67. The van der Waals surface area contributed by atoms with Gasteiger partial charge in [-0.3, -0.25) is 0 Å². The van der Waals surface area contributed by atoms with Gasteiger partial charge in [0.05, 0.1) is 0 Å². The Balaban J connectivity index is 2.01. The molecule has 0 aromatic carbocycles. The summed E-state index contributed by atoms with van der Waals surface area (Å²) in [5.41, 5.74) is 0. The van der Waals surface area contributed by atoms with Crippen molar-refractivity contribution in [1.82, 2.24) is 5.32 Å². The summed E-state index contributed by atoms with van der Waals surface area (Å²) >= 11 is 11.4. The zero-order valence-electron chi connectivity index (χ0n) is 11.6. The number of thiophene rings is 1. The maximum atomic E-state index is 6.19. The van der Waals surface area contributed by atoms with Gasteiger partial charge in [-0.2, -0.15) is 0 Å². The van der Waals surface area contributed by atoms with Gasteiger partial charge in [0.1, 0.15) is 4.34 Å². The fraction of sp³-hybridized carbons (Fsp3) is 0.733. The summed E-state index contributed by atoms with van der Waals surface area (Å²) < 4.78 is 1.92. The second-order valence-electron chi connectivity index (χ2n) is 5.52. The lowest BCUT2D eigenvalue weighted by Gasteiger charge is -2.26. The van der Waals surface area contributed by atoms with Gasteiger partial charge in [-0.1, -0.05) is 50.6 Å². The van der Waals surface area contributed by atoms with Gasteiger partial charge in [-0.05, 0) is 47.3 Å². The number of hydrogen-bond donors (Lipinski definition) is 1. The first-order chi connectivity index (χ1) is 9.20. The maximum Gasteiger partial charge on any atom is 0.107 e. The molecule has 0 spiro atoms. The van der Waals surface area contributed by atoms with Gasteiger partial charge < -0.3 is 5.32 Å². The van der Waals surface area contributed by atoms with Crippen molar-refractivity contribution >= 4 is 38.9 Å². The van der Waals surface area contributed by atoms with Crippen LogP contribution in [0, 0.1) is 5.92 Å². The van der Waals surface area contributed by atoms with E-state index in [0.717, 1.165) is 21.3 Å². The molecule has 1 nitrogen and oxygen atoms in total. The molecule has 0 saturated heterocycles. The van der Waals surface area contributed by atoms with E-state index in [-0.39, 0.29) is 0 Å². The molecule has 108 valence electrons. The molecule has 1 fully saturated rings. The predicted octanol–water partition coefficient (Wildman–Crippen LogP) is 6.18. The van der Waals surface area contributed by atoms with Gasteiger partial charge in [-0.25, -0.2) is 0 Å².